The lowest BCUT2D eigenvalue weighted by Crippen LogP contribution is -2.14. The minimum atomic E-state index is -1.10. The molecule has 0 saturated heterocycles. The first-order valence-electron chi connectivity index (χ1n) is 8.77. The first-order chi connectivity index (χ1) is 13.3. The number of rotatable bonds is 2. The number of aromatic nitrogens is 4. The van der Waals surface area contributed by atoms with Gasteiger partial charge >= 0.3 is 0 Å². The molecule has 4 N–H and O–H groups in total. The molecular weight excluding hydrogens is 358 g/mol. The predicted molar refractivity (Wildman–Crippen MR) is 102 cm³/mol. The highest BCUT2D eigenvalue weighted by molar-refractivity contribution is 5.98. The summed E-state index contributed by atoms with van der Waals surface area (Å²) in [7, 11) is 0. The van der Waals surface area contributed by atoms with Crippen LogP contribution in [0, 0.1) is 11.8 Å². The highest BCUT2D eigenvalue weighted by atomic mass is 16.5. The lowest BCUT2D eigenvalue weighted by molar-refractivity contribution is 0.0996. The third-order valence-corrected chi connectivity index (χ3v) is 4.25. The summed E-state index contributed by atoms with van der Waals surface area (Å²) in [5, 5.41) is 16.8. The largest absolute Gasteiger partial charge is 0.491 e. The van der Waals surface area contributed by atoms with Crippen LogP contribution in [0.3, 0.4) is 0 Å². The molecule has 8 heteroatoms. The second kappa shape index (κ2) is 6.55. The summed E-state index contributed by atoms with van der Waals surface area (Å²) in [6.07, 6.45) is 1.67. The van der Waals surface area contributed by atoms with Crippen LogP contribution >= 0.6 is 0 Å². The van der Waals surface area contributed by atoms with Crippen molar-refractivity contribution in [3.05, 3.63) is 41.7 Å². The molecule has 0 unspecified atom stereocenters. The number of hydrogen-bond donors (Lipinski definition) is 3. The number of imidazole rings is 1. The maximum Gasteiger partial charge on any atom is 0.269 e. The van der Waals surface area contributed by atoms with E-state index in [2.05, 4.69) is 27.0 Å². The predicted octanol–water partition coefficient (Wildman–Crippen LogP) is 1.55. The number of nitrogens with two attached hydrogens (primary N) is 1. The molecule has 2 aromatic heterocycles. The lowest BCUT2D eigenvalue weighted by atomic mass is 10.1. The van der Waals surface area contributed by atoms with Gasteiger partial charge in [-0.05, 0) is 38.1 Å². The van der Waals surface area contributed by atoms with Crippen molar-refractivity contribution in [2.24, 2.45) is 5.73 Å². The Morgan fingerprint density at radius 3 is 2.89 bits per heavy atom. The van der Waals surface area contributed by atoms with E-state index in [0.717, 1.165) is 0 Å². The molecule has 1 aliphatic heterocycles. The number of hydrogen-bond acceptors (Lipinski definition) is 5. The second-order valence-corrected chi connectivity index (χ2v) is 6.98. The fourth-order valence-corrected chi connectivity index (χ4v) is 3.08. The van der Waals surface area contributed by atoms with Crippen LogP contribution in [0.15, 0.2) is 30.5 Å². The molecule has 0 fully saturated rings. The van der Waals surface area contributed by atoms with E-state index in [1.165, 1.54) is 0 Å². The van der Waals surface area contributed by atoms with E-state index in [4.69, 9.17) is 10.5 Å². The normalized spacial score (nSPS) is 12.8. The topological polar surface area (TPSA) is 119 Å². The third-order valence-electron chi connectivity index (χ3n) is 4.25. The summed E-state index contributed by atoms with van der Waals surface area (Å²) >= 11 is 0. The maximum atomic E-state index is 12.0. The van der Waals surface area contributed by atoms with E-state index >= 15 is 0 Å². The van der Waals surface area contributed by atoms with Crippen LogP contribution in [-0.4, -0.2) is 43.0 Å². The quantitative estimate of drug-likeness (QED) is 0.586. The molecule has 1 aromatic carbocycles. The van der Waals surface area contributed by atoms with Crippen LogP contribution in [0.1, 0.15) is 29.9 Å². The number of carbonyl (C=O) groups is 1. The molecule has 8 nitrogen and oxygen atoms in total. The molecule has 0 aliphatic carbocycles. The van der Waals surface area contributed by atoms with Gasteiger partial charge in [0.1, 0.15) is 35.2 Å². The van der Waals surface area contributed by atoms with Crippen LogP contribution < -0.4 is 10.5 Å². The number of benzene rings is 1. The van der Waals surface area contributed by atoms with Gasteiger partial charge in [0.25, 0.3) is 5.91 Å². The average Bonchev–Trinajstić information content (AvgIpc) is 3.24. The van der Waals surface area contributed by atoms with Gasteiger partial charge in [0, 0.05) is 11.8 Å². The van der Waals surface area contributed by atoms with Crippen LogP contribution in [-0.2, 0) is 6.54 Å². The Kier molecular flexibility index (Phi) is 4.17. The van der Waals surface area contributed by atoms with Crippen molar-refractivity contribution in [2.75, 3.05) is 6.61 Å². The number of primary amides is 1. The van der Waals surface area contributed by atoms with Crippen molar-refractivity contribution in [1.82, 2.24) is 19.7 Å². The lowest BCUT2D eigenvalue weighted by Gasteiger charge is -2.08. The summed E-state index contributed by atoms with van der Waals surface area (Å²) < 4.78 is 7.74. The zero-order valence-corrected chi connectivity index (χ0v) is 15.5. The van der Waals surface area contributed by atoms with E-state index in [0.29, 0.717) is 47.2 Å². The van der Waals surface area contributed by atoms with Gasteiger partial charge in [-0.15, -0.1) is 0 Å². The first-order valence-corrected chi connectivity index (χ1v) is 8.77. The van der Waals surface area contributed by atoms with Gasteiger partial charge in [-0.25, -0.2) is 4.98 Å². The van der Waals surface area contributed by atoms with Crippen molar-refractivity contribution in [1.29, 1.82) is 0 Å². The first kappa shape index (κ1) is 17.8. The van der Waals surface area contributed by atoms with Gasteiger partial charge in [0.2, 0.25) is 0 Å². The van der Waals surface area contributed by atoms with Crippen molar-refractivity contribution in [3.8, 4) is 40.4 Å². The molecule has 1 aliphatic rings. The Bertz CT molecular complexity index is 1110. The SMILES string of the molecule is CC(C)(O)C#Cc1ccc2c(c1)-c1nc(C(N)=O)c(-c3cc[nH]n3)n1CCO2. The summed E-state index contributed by atoms with van der Waals surface area (Å²) in [4.78, 5) is 16.6. The molecule has 4 rings (SSSR count). The molecule has 142 valence electrons. The number of ether oxygens (including phenoxy) is 1. The van der Waals surface area contributed by atoms with Crippen LogP contribution in [0.5, 0.6) is 5.75 Å². The van der Waals surface area contributed by atoms with Gasteiger partial charge in [0.05, 0.1) is 12.1 Å². The van der Waals surface area contributed by atoms with E-state index in [1.807, 2.05) is 22.8 Å². The molecule has 3 heterocycles. The highest BCUT2D eigenvalue weighted by Gasteiger charge is 2.27. The average molecular weight is 377 g/mol. The fourth-order valence-electron chi connectivity index (χ4n) is 3.08. The Balaban J connectivity index is 1.92. The van der Waals surface area contributed by atoms with Gasteiger partial charge < -0.3 is 20.1 Å². The van der Waals surface area contributed by atoms with Crippen LogP contribution in [0.25, 0.3) is 22.8 Å². The standard InChI is InChI=1S/C20H19N5O3/c1-20(2,27)7-5-12-3-4-15-13(11-12)19-23-16(18(21)26)17(14-6-8-22-24-14)25(19)9-10-28-15/h3-4,6,8,11,27H,9-10H2,1-2H3,(H2,21,26)(H,22,24). The minimum Gasteiger partial charge on any atom is -0.491 e. The van der Waals surface area contributed by atoms with Crippen molar-refractivity contribution < 1.29 is 14.6 Å². The number of fused-ring (bicyclic) bond motifs is 3. The summed E-state index contributed by atoms with van der Waals surface area (Å²) in [6.45, 7) is 4.13. The Labute approximate surface area is 161 Å². The van der Waals surface area contributed by atoms with Gasteiger partial charge in [-0.1, -0.05) is 11.8 Å². The van der Waals surface area contributed by atoms with E-state index in [9.17, 15) is 9.90 Å². The molecule has 28 heavy (non-hydrogen) atoms. The van der Waals surface area contributed by atoms with Gasteiger partial charge in [-0.3, -0.25) is 9.89 Å². The molecule has 0 radical (unpaired) electrons. The van der Waals surface area contributed by atoms with Gasteiger partial charge in [0.15, 0.2) is 5.69 Å². The number of nitrogens with zero attached hydrogens (tertiary/aromatic N) is 3. The number of nitrogens with one attached hydrogen (secondary N) is 1. The van der Waals surface area contributed by atoms with Crippen molar-refractivity contribution in [3.63, 3.8) is 0 Å². The molecular formula is C20H19N5O3. The minimum absolute atomic E-state index is 0.155. The Morgan fingerprint density at radius 2 is 2.21 bits per heavy atom. The molecule has 0 atom stereocenters. The summed E-state index contributed by atoms with van der Waals surface area (Å²) in [5.74, 6) is 6.32. The molecule has 3 aromatic rings. The fraction of sp³-hybridized carbons (Fsp3) is 0.250. The third kappa shape index (κ3) is 3.23. The van der Waals surface area contributed by atoms with E-state index in [-0.39, 0.29) is 5.69 Å². The Morgan fingerprint density at radius 1 is 1.39 bits per heavy atom. The smallest absolute Gasteiger partial charge is 0.269 e. The number of aromatic amines is 1. The number of amides is 1. The van der Waals surface area contributed by atoms with Crippen molar-refractivity contribution in [2.45, 2.75) is 26.0 Å². The zero-order chi connectivity index (χ0) is 19.9. The van der Waals surface area contributed by atoms with E-state index in [1.54, 1.807) is 26.1 Å². The monoisotopic (exact) mass is 377 g/mol. The molecule has 1 amide bonds. The van der Waals surface area contributed by atoms with Crippen LogP contribution in [0.4, 0.5) is 0 Å². The zero-order valence-electron chi connectivity index (χ0n) is 15.5. The molecule has 0 bridgehead atoms. The highest BCUT2D eigenvalue weighted by Crippen LogP contribution is 2.36. The maximum absolute atomic E-state index is 12.0. The molecule has 0 spiro atoms. The number of aliphatic hydroxyl groups is 1. The van der Waals surface area contributed by atoms with E-state index < -0.39 is 11.5 Å². The second-order valence-electron chi connectivity index (χ2n) is 6.98. The summed E-state index contributed by atoms with van der Waals surface area (Å²) in [5.41, 5.74) is 7.16. The summed E-state index contributed by atoms with van der Waals surface area (Å²) in [6, 6.07) is 7.22. The van der Waals surface area contributed by atoms with Crippen molar-refractivity contribution >= 4 is 5.91 Å². The molecule has 0 saturated carbocycles. The van der Waals surface area contributed by atoms with Crippen LogP contribution in [0.2, 0.25) is 0 Å². The number of H-pyrrole nitrogens is 1. The van der Waals surface area contributed by atoms with Gasteiger partial charge in [-0.2, -0.15) is 5.10 Å². The Hall–Kier alpha value is -3.57. The number of carbonyl (C=O) groups excluding carboxylic acids is 1.